The molecule has 0 heterocycles. The van der Waals surface area contributed by atoms with E-state index in [9.17, 15) is 0 Å². The molecule has 0 aliphatic carbocycles. The Bertz CT molecular complexity index is 3390. The van der Waals surface area contributed by atoms with E-state index in [2.05, 4.69) is 218 Å². The summed E-state index contributed by atoms with van der Waals surface area (Å²) in [5, 5.41) is 0. The van der Waals surface area contributed by atoms with Gasteiger partial charge in [0.15, 0.2) is 0 Å². The van der Waals surface area contributed by atoms with E-state index in [0.29, 0.717) is 0 Å². The third-order valence-electron chi connectivity index (χ3n) is 14.1. The van der Waals surface area contributed by atoms with Crippen LogP contribution in [0, 0.1) is 72.8 Å². The van der Waals surface area contributed by atoms with E-state index in [1.165, 1.54) is 0 Å². The third kappa shape index (κ3) is 15.1. The average molecular weight is 1510 g/mol. The molecule has 0 unspecified atom stereocenters. The van der Waals surface area contributed by atoms with Crippen molar-refractivity contribution in [2.45, 2.75) is 0 Å². The van der Waals surface area contributed by atoms with Gasteiger partial charge in [-0.25, -0.2) is 66.8 Å². The molecule has 0 saturated carbocycles. The number of hydrogen-bond acceptors (Lipinski definition) is 0. The van der Waals surface area contributed by atoms with E-state index >= 15 is 0 Å². The van der Waals surface area contributed by atoms with Gasteiger partial charge in [0, 0.05) is 196 Å². The van der Waals surface area contributed by atoms with Crippen LogP contribution in [0.4, 0.5) is 0 Å². The van der Waals surface area contributed by atoms with Gasteiger partial charge in [0.05, 0.1) is 0 Å². The number of hydrogen-bond donors (Lipinski definition) is 0. The van der Waals surface area contributed by atoms with E-state index in [1.54, 1.807) is 0 Å². The molecular weight excluding hydrogens is 1470 g/mol. The number of benzene rings is 13. The maximum Gasteiger partial charge on any atom is 0 e. The molecule has 0 N–H and O–H groups in total. The Balaban J connectivity index is 0.00000169. The molecular formula is C78H42Y6-12. The molecule has 13 aromatic rings. The Kier molecular flexibility index (Phi) is 26.4. The minimum absolute atomic E-state index is 0. The molecule has 84 heavy (non-hydrogen) atoms. The molecule has 0 nitrogen and oxygen atoms in total. The second-order valence-corrected chi connectivity index (χ2v) is 18.9. The van der Waals surface area contributed by atoms with Gasteiger partial charge in [0.25, 0.3) is 0 Å². The molecule has 0 aliphatic heterocycles. The molecule has 6 radical (unpaired) electrons. The van der Waals surface area contributed by atoms with Crippen LogP contribution in [0.5, 0.6) is 0 Å². The molecule has 0 aliphatic rings. The van der Waals surface area contributed by atoms with Gasteiger partial charge in [0.1, 0.15) is 0 Å². The maximum absolute atomic E-state index is 3.73. The van der Waals surface area contributed by atoms with Gasteiger partial charge in [-0.1, -0.05) is 33.4 Å². The first-order valence-electron chi connectivity index (χ1n) is 25.9. The first-order chi connectivity index (χ1) is 38.7. The van der Waals surface area contributed by atoms with Crippen LogP contribution in [0.3, 0.4) is 0 Å². The van der Waals surface area contributed by atoms with Crippen LogP contribution in [-0.4, -0.2) is 0 Å². The smallest absolute Gasteiger partial charge is 0 e. The van der Waals surface area contributed by atoms with Gasteiger partial charge in [0.2, 0.25) is 0 Å². The predicted octanol–water partition coefficient (Wildman–Crippen LogP) is 19.3. The van der Waals surface area contributed by atoms with E-state index in [-0.39, 0.29) is 196 Å². The van der Waals surface area contributed by atoms with Crippen molar-refractivity contribution >= 4 is 0 Å². The molecule has 0 saturated heterocycles. The van der Waals surface area contributed by atoms with E-state index in [1.807, 2.05) is 109 Å². The molecule has 384 valence electrons. The van der Waals surface area contributed by atoms with Crippen LogP contribution >= 0.6 is 0 Å². The van der Waals surface area contributed by atoms with Gasteiger partial charge < -0.3 is 0 Å². The molecule has 0 amide bonds. The largest absolute Gasteiger partial charge is 0.226 e. The second-order valence-electron chi connectivity index (χ2n) is 18.9. The summed E-state index contributed by atoms with van der Waals surface area (Å²) < 4.78 is 0. The molecule has 0 atom stereocenters. The minimum Gasteiger partial charge on any atom is -0.226 e. The fraction of sp³-hybridized carbons (Fsp3) is 0. The minimum atomic E-state index is 0. The summed E-state index contributed by atoms with van der Waals surface area (Å²) in [6.45, 7) is 0. The van der Waals surface area contributed by atoms with Crippen molar-refractivity contribution in [1.82, 2.24) is 0 Å². The third-order valence-corrected chi connectivity index (χ3v) is 14.1. The predicted molar refractivity (Wildman–Crippen MR) is 318 cm³/mol. The molecule has 6 heteroatoms. The van der Waals surface area contributed by atoms with Crippen LogP contribution in [-0.2, 0) is 196 Å². The first-order valence-corrected chi connectivity index (χ1v) is 25.9. The fourth-order valence-corrected chi connectivity index (χ4v) is 10.3. The normalized spacial score (nSPS) is 10.3. The van der Waals surface area contributed by atoms with Crippen molar-refractivity contribution in [1.29, 1.82) is 0 Å². The van der Waals surface area contributed by atoms with Crippen LogP contribution in [0.25, 0.3) is 134 Å². The molecule has 0 bridgehead atoms. The molecule has 0 aromatic heterocycles. The summed E-state index contributed by atoms with van der Waals surface area (Å²) in [4.78, 5) is 0. The molecule has 13 rings (SSSR count). The molecule has 13 aromatic carbocycles. The van der Waals surface area contributed by atoms with Crippen molar-refractivity contribution in [3.8, 4) is 134 Å². The van der Waals surface area contributed by atoms with Crippen LogP contribution in [0.15, 0.2) is 255 Å². The zero-order valence-electron chi connectivity index (χ0n) is 45.7. The Morgan fingerprint density at radius 1 is 0.143 bits per heavy atom. The fourth-order valence-electron chi connectivity index (χ4n) is 10.3. The summed E-state index contributed by atoms with van der Waals surface area (Å²) in [7, 11) is 0. The maximum atomic E-state index is 3.73. The topological polar surface area (TPSA) is 0 Å². The van der Waals surface area contributed by atoms with Gasteiger partial charge in [-0.3, -0.25) is 0 Å². The Hall–Kier alpha value is -3.52. The van der Waals surface area contributed by atoms with Crippen molar-refractivity contribution < 1.29 is 196 Å². The van der Waals surface area contributed by atoms with Gasteiger partial charge in [-0.15, -0.1) is 143 Å². The SMILES string of the molecule is [Y].[Y].[Y].[Y].[Y].[Y].[c-]1ccccc1-c1[c-]cc(-c2c(-c3c[c-]c(-c4[c-]cccc4)cc3)c(-c3c[c-]c(-c4[c-]cccc4)cc3)c(-c3c[c-]c(-c4[c-]cccc4)cc3)c(-c3c[c-]c(-c4[c-]cccc4)cc3)c2-c2c[c-]c(-c3[c-]cccc3)cc2)cc1. The van der Waals surface area contributed by atoms with Gasteiger partial charge >= 0.3 is 0 Å². The van der Waals surface area contributed by atoms with Crippen molar-refractivity contribution in [2.24, 2.45) is 0 Å². The van der Waals surface area contributed by atoms with Crippen LogP contribution in [0.1, 0.15) is 0 Å². The summed E-state index contributed by atoms with van der Waals surface area (Å²) in [6, 6.07) is 130. The Morgan fingerprint density at radius 2 is 0.286 bits per heavy atom. The summed E-state index contributed by atoms with van der Waals surface area (Å²) >= 11 is 0. The van der Waals surface area contributed by atoms with Crippen molar-refractivity contribution in [3.05, 3.63) is 328 Å². The first kappa shape index (κ1) is 68.0. The summed E-state index contributed by atoms with van der Waals surface area (Å²) in [6.07, 6.45) is 0. The standard InChI is InChI=1S/C78H42.6Y/c1-7-19-55(20-8-1)61-31-43-67(44-32-61)73-74(68-45-33-62(34-46-68)56-21-9-2-10-22-56)76(70-49-37-64(38-50-70)58-25-13-4-14-26-58)78(72-53-41-66(42-54-72)60-29-17-6-18-30-60)77(71-51-39-65(40-52-71)59-27-15-5-16-28-59)75(73)69-47-35-63(36-48-69)57-23-11-3-12-24-57;;;;;;/h1-19,21,23,25,27,29,31,33,35,37,39,41,43-54H;;;;;;/q-12;;;;;;. The second kappa shape index (κ2) is 32.6. The van der Waals surface area contributed by atoms with E-state index in [4.69, 9.17) is 0 Å². The van der Waals surface area contributed by atoms with E-state index < -0.39 is 0 Å². The van der Waals surface area contributed by atoms with Crippen molar-refractivity contribution in [3.63, 3.8) is 0 Å². The zero-order chi connectivity index (χ0) is 52.0. The summed E-state index contributed by atoms with van der Waals surface area (Å²) in [5.74, 6) is 0. The van der Waals surface area contributed by atoms with Crippen LogP contribution in [0.2, 0.25) is 0 Å². The quantitative estimate of drug-likeness (QED) is 0.107. The Morgan fingerprint density at radius 3 is 0.393 bits per heavy atom. The van der Waals surface area contributed by atoms with Gasteiger partial charge in [-0.2, -0.15) is 218 Å². The van der Waals surface area contributed by atoms with E-state index in [0.717, 1.165) is 134 Å². The van der Waals surface area contributed by atoms with Gasteiger partial charge in [-0.05, 0) is 0 Å². The molecule has 0 fully saturated rings. The van der Waals surface area contributed by atoms with Crippen LogP contribution < -0.4 is 0 Å². The molecule has 0 spiro atoms. The number of rotatable bonds is 12. The summed E-state index contributed by atoms with van der Waals surface area (Å²) in [5.41, 5.74) is 23.5. The zero-order valence-corrected chi connectivity index (χ0v) is 62.7. The van der Waals surface area contributed by atoms with Crippen molar-refractivity contribution in [2.75, 3.05) is 0 Å². The average Bonchev–Trinajstić information content (AvgIpc) is 2.19. The Labute approximate surface area is 646 Å². The monoisotopic (exact) mass is 1510 g/mol.